The molecule has 3 rings (SSSR count). The van der Waals surface area contributed by atoms with E-state index in [0.29, 0.717) is 22.6 Å². The molecule has 0 spiro atoms. The van der Waals surface area contributed by atoms with Crippen molar-refractivity contribution in [1.82, 2.24) is 19.7 Å². The molecule has 1 unspecified atom stereocenters. The van der Waals surface area contributed by atoms with E-state index in [0.717, 1.165) is 23.0 Å². The quantitative estimate of drug-likeness (QED) is 0.675. The van der Waals surface area contributed by atoms with Crippen molar-refractivity contribution in [2.75, 3.05) is 5.75 Å². The molecule has 130 valence electrons. The molecule has 0 bridgehead atoms. The van der Waals surface area contributed by atoms with Crippen molar-refractivity contribution >= 4 is 17.7 Å². The molecule has 0 aliphatic carbocycles. The first-order valence-corrected chi connectivity index (χ1v) is 8.74. The van der Waals surface area contributed by atoms with E-state index in [4.69, 9.17) is 9.52 Å². The highest BCUT2D eigenvalue weighted by Gasteiger charge is 2.24. The molecule has 7 nitrogen and oxygen atoms in total. The number of carbonyl (C=O) groups is 1. The minimum atomic E-state index is -0.903. The average Bonchev–Trinajstić information content (AvgIpc) is 3.15. The number of aliphatic carboxylic acids is 1. The van der Waals surface area contributed by atoms with Crippen molar-refractivity contribution < 1.29 is 14.3 Å². The predicted octanol–water partition coefficient (Wildman–Crippen LogP) is 3.34. The molecule has 2 aromatic heterocycles. The van der Waals surface area contributed by atoms with Crippen LogP contribution in [0.25, 0.3) is 11.6 Å². The largest absolute Gasteiger partial charge is 0.481 e. The van der Waals surface area contributed by atoms with Crippen LogP contribution in [-0.4, -0.2) is 36.6 Å². The van der Waals surface area contributed by atoms with Gasteiger partial charge in [0.1, 0.15) is 0 Å². The van der Waals surface area contributed by atoms with Gasteiger partial charge in [0.15, 0.2) is 16.8 Å². The Morgan fingerprint density at radius 2 is 2.00 bits per heavy atom. The lowest BCUT2D eigenvalue weighted by Crippen LogP contribution is -2.11. The zero-order chi connectivity index (χ0) is 18.0. The molecule has 8 heteroatoms. The number of hydrogen-bond acceptors (Lipinski definition) is 6. The lowest BCUT2D eigenvalue weighted by Gasteiger charge is -2.17. The van der Waals surface area contributed by atoms with Crippen molar-refractivity contribution in [2.45, 2.75) is 32.0 Å². The fraction of sp³-hybridized carbons (Fsp3) is 0.294. The van der Waals surface area contributed by atoms with Gasteiger partial charge in [0.2, 0.25) is 5.82 Å². The first-order chi connectivity index (χ1) is 12.0. The lowest BCUT2D eigenvalue weighted by atomic mass is 10.1. The third-order valence-corrected chi connectivity index (χ3v) is 4.69. The molecule has 1 atom stereocenters. The maximum Gasteiger partial charge on any atom is 0.313 e. The van der Waals surface area contributed by atoms with E-state index in [9.17, 15) is 4.79 Å². The molecule has 1 aromatic carbocycles. The summed E-state index contributed by atoms with van der Waals surface area (Å²) in [5.41, 5.74) is 1.79. The van der Waals surface area contributed by atoms with Crippen LogP contribution in [0, 0.1) is 13.8 Å². The normalized spacial score (nSPS) is 12.3. The van der Waals surface area contributed by atoms with Crippen molar-refractivity contribution in [2.24, 2.45) is 0 Å². The second kappa shape index (κ2) is 7.10. The lowest BCUT2D eigenvalue weighted by molar-refractivity contribution is -0.133. The minimum Gasteiger partial charge on any atom is -0.481 e. The van der Waals surface area contributed by atoms with Crippen molar-refractivity contribution in [3.8, 4) is 11.6 Å². The first kappa shape index (κ1) is 17.2. The van der Waals surface area contributed by atoms with Crippen molar-refractivity contribution in [3.63, 3.8) is 0 Å². The molecule has 0 amide bonds. The number of rotatable bonds is 6. The minimum absolute atomic E-state index is 0.0892. The maximum absolute atomic E-state index is 11.0. The molecule has 1 N–H and O–H groups in total. The summed E-state index contributed by atoms with van der Waals surface area (Å²) < 4.78 is 7.60. The van der Waals surface area contributed by atoms with E-state index in [1.807, 2.05) is 48.7 Å². The molecule has 0 aliphatic heterocycles. The molecular weight excluding hydrogens is 340 g/mol. The number of carboxylic acid groups (broad SMARTS) is 1. The first-order valence-electron chi connectivity index (χ1n) is 7.76. The summed E-state index contributed by atoms with van der Waals surface area (Å²) in [5, 5.41) is 18.0. The van der Waals surface area contributed by atoms with E-state index >= 15 is 0 Å². The Morgan fingerprint density at radius 3 is 2.60 bits per heavy atom. The van der Waals surface area contributed by atoms with Crippen molar-refractivity contribution in [1.29, 1.82) is 0 Å². The van der Waals surface area contributed by atoms with Gasteiger partial charge in [-0.25, -0.2) is 4.98 Å². The summed E-state index contributed by atoms with van der Waals surface area (Å²) in [5.74, 6) is 0.653. The van der Waals surface area contributed by atoms with Crippen LogP contribution < -0.4 is 0 Å². The molecule has 0 aliphatic rings. The van der Waals surface area contributed by atoms with E-state index in [1.54, 1.807) is 6.92 Å². The molecule has 0 saturated carbocycles. The van der Waals surface area contributed by atoms with Crippen LogP contribution in [0.4, 0.5) is 0 Å². The van der Waals surface area contributed by atoms with Crippen molar-refractivity contribution in [3.05, 3.63) is 47.5 Å². The van der Waals surface area contributed by atoms with Crippen LogP contribution in [0.3, 0.4) is 0 Å². The topological polar surface area (TPSA) is 94.0 Å². The van der Waals surface area contributed by atoms with Crippen LogP contribution in [0.5, 0.6) is 0 Å². The van der Waals surface area contributed by atoms with E-state index < -0.39 is 5.97 Å². The van der Waals surface area contributed by atoms with Gasteiger partial charge in [0.05, 0.1) is 17.5 Å². The Balaban J connectivity index is 2.09. The summed E-state index contributed by atoms with van der Waals surface area (Å²) in [7, 11) is 0. The van der Waals surface area contributed by atoms with Gasteiger partial charge in [-0.2, -0.15) is 0 Å². The number of benzene rings is 1. The molecule has 0 saturated heterocycles. The molecule has 25 heavy (non-hydrogen) atoms. The third-order valence-electron chi connectivity index (χ3n) is 3.77. The van der Waals surface area contributed by atoms with Crippen LogP contribution in [-0.2, 0) is 4.79 Å². The summed E-state index contributed by atoms with van der Waals surface area (Å²) in [6, 6.07) is 9.81. The predicted molar refractivity (Wildman–Crippen MR) is 93.6 cm³/mol. The van der Waals surface area contributed by atoms with Crippen LogP contribution in [0.2, 0.25) is 0 Å². The van der Waals surface area contributed by atoms with E-state index in [2.05, 4.69) is 15.2 Å². The molecule has 0 fully saturated rings. The number of aromatic nitrogens is 4. The van der Waals surface area contributed by atoms with Gasteiger partial charge in [-0.05, 0) is 19.4 Å². The fourth-order valence-electron chi connectivity index (χ4n) is 2.63. The number of nitrogens with zero attached hydrogens (tertiary/aromatic N) is 4. The number of thioether (sulfide) groups is 1. The Kier molecular flexibility index (Phi) is 4.89. The summed E-state index contributed by atoms with van der Waals surface area (Å²) in [4.78, 5) is 15.2. The summed E-state index contributed by atoms with van der Waals surface area (Å²) >= 11 is 1.13. The molecule has 2 heterocycles. The number of aryl methyl sites for hydroxylation is 2. The summed E-state index contributed by atoms with van der Waals surface area (Å²) in [6.07, 6.45) is 0. The van der Waals surface area contributed by atoms with Crippen LogP contribution in [0.15, 0.2) is 39.9 Å². The Labute approximate surface area is 149 Å². The van der Waals surface area contributed by atoms with Gasteiger partial charge in [-0.3, -0.25) is 9.36 Å². The SMILES string of the molecule is Cc1nc(C)c(-c2nnc(SCC(=O)O)n2C(C)c2ccccc2)o1. The average molecular weight is 358 g/mol. The Morgan fingerprint density at radius 1 is 1.28 bits per heavy atom. The maximum atomic E-state index is 11.0. The van der Waals surface area contributed by atoms with Gasteiger partial charge in [0.25, 0.3) is 0 Å². The van der Waals surface area contributed by atoms with Gasteiger partial charge in [-0.15, -0.1) is 10.2 Å². The second-order valence-electron chi connectivity index (χ2n) is 5.59. The molecular formula is C17H18N4O3S. The van der Waals surface area contributed by atoms with Crippen LogP contribution >= 0.6 is 11.8 Å². The van der Waals surface area contributed by atoms with E-state index in [-0.39, 0.29) is 11.8 Å². The number of oxazole rings is 1. The third kappa shape index (κ3) is 3.58. The van der Waals surface area contributed by atoms with Gasteiger partial charge in [-0.1, -0.05) is 42.1 Å². The van der Waals surface area contributed by atoms with Crippen LogP contribution in [0.1, 0.15) is 30.1 Å². The monoisotopic (exact) mass is 358 g/mol. The van der Waals surface area contributed by atoms with Gasteiger partial charge < -0.3 is 9.52 Å². The highest BCUT2D eigenvalue weighted by molar-refractivity contribution is 7.99. The summed E-state index contributed by atoms with van der Waals surface area (Å²) in [6.45, 7) is 5.64. The van der Waals surface area contributed by atoms with Gasteiger partial charge in [0, 0.05) is 6.92 Å². The second-order valence-corrected chi connectivity index (χ2v) is 6.54. The molecule has 0 radical (unpaired) electrons. The number of hydrogen-bond donors (Lipinski definition) is 1. The standard InChI is InChI=1S/C17H18N4O3S/c1-10-15(24-12(3)18-10)16-19-20-17(25-9-14(22)23)21(16)11(2)13-7-5-4-6-8-13/h4-8,11H,9H2,1-3H3,(H,22,23). The fourth-order valence-corrected chi connectivity index (χ4v) is 3.36. The number of carboxylic acids is 1. The Hall–Kier alpha value is -2.61. The zero-order valence-corrected chi connectivity index (χ0v) is 14.9. The zero-order valence-electron chi connectivity index (χ0n) is 14.1. The molecule has 3 aromatic rings. The smallest absolute Gasteiger partial charge is 0.313 e. The van der Waals surface area contributed by atoms with Gasteiger partial charge >= 0.3 is 5.97 Å². The van der Waals surface area contributed by atoms with E-state index in [1.165, 1.54) is 0 Å². The Bertz CT molecular complexity index is 889. The highest BCUT2D eigenvalue weighted by atomic mass is 32.2. The highest BCUT2D eigenvalue weighted by Crippen LogP contribution is 2.32.